The van der Waals surface area contributed by atoms with E-state index in [1.807, 2.05) is 30.3 Å². The van der Waals surface area contributed by atoms with E-state index in [9.17, 15) is 5.11 Å². The van der Waals surface area contributed by atoms with Crippen molar-refractivity contribution in [3.8, 4) is 11.7 Å². The van der Waals surface area contributed by atoms with Gasteiger partial charge < -0.3 is 9.84 Å². The van der Waals surface area contributed by atoms with Crippen molar-refractivity contribution in [2.24, 2.45) is 0 Å². The summed E-state index contributed by atoms with van der Waals surface area (Å²) in [5.74, 6) is 0. The first-order valence-corrected chi connectivity index (χ1v) is 5.48. The van der Waals surface area contributed by atoms with E-state index in [0.29, 0.717) is 0 Å². The van der Waals surface area contributed by atoms with E-state index >= 15 is 0 Å². The largest absolute Gasteiger partial charge is 0.457 e. The van der Waals surface area contributed by atoms with E-state index < -0.39 is 6.10 Å². The number of hydrogen-bond acceptors (Lipinski definition) is 4. The molecule has 2 rings (SSSR count). The molecule has 0 saturated heterocycles. The minimum absolute atomic E-state index is 0.266. The summed E-state index contributed by atoms with van der Waals surface area (Å²) >= 11 is 0. The number of para-hydroxylation sites is 1. The average molecular weight is 233 g/mol. The third-order valence-corrected chi connectivity index (χ3v) is 2.46. The van der Waals surface area contributed by atoms with Gasteiger partial charge in [-0.15, -0.1) is 5.10 Å². The van der Waals surface area contributed by atoms with E-state index in [2.05, 4.69) is 10.1 Å². The van der Waals surface area contributed by atoms with Gasteiger partial charge >= 0.3 is 6.01 Å². The first kappa shape index (κ1) is 11.6. The molecule has 0 aliphatic rings. The van der Waals surface area contributed by atoms with Crippen molar-refractivity contribution in [2.75, 3.05) is 0 Å². The van der Waals surface area contributed by atoms with Gasteiger partial charge in [-0.1, -0.05) is 18.2 Å². The zero-order valence-corrected chi connectivity index (χ0v) is 9.82. The molecule has 5 heteroatoms. The molecule has 0 bridgehead atoms. The van der Waals surface area contributed by atoms with Crippen LogP contribution in [0.1, 0.15) is 13.8 Å². The van der Waals surface area contributed by atoms with Crippen LogP contribution in [0.5, 0.6) is 6.01 Å². The van der Waals surface area contributed by atoms with E-state index in [0.717, 1.165) is 5.69 Å². The van der Waals surface area contributed by atoms with Gasteiger partial charge in [0, 0.05) is 0 Å². The molecular formula is C12H15N3O2. The van der Waals surface area contributed by atoms with Crippen LogP contribution in [-0.2, 0) is 0 Å². The molecule has 0 amide bonds. The third kappa shape index (κ3) is 2.82. The molecule has 2 atom stereocenters. The fourth-order valence-corrected chi connectivity index (χ4v) is 1.27. The highest BCUT2D eigenvalue weighted by atomic mass is 16.5. The molecule has 2 aromatic rings. The van der Waals surface area contributed by atoms with Crippen LogP contribution in [0, 0.1) is 0 Å². The zero-order chi connectivity index (χ0) is 12.3. The summed E-state index contributed by atoms with van der Waals surface area (Å²) in [6.07, 6.45) is 0.694. The molecule has 1 N–H and O–H groups in total. The molecule has 0 aliphatic heterocycles. The van der Waals surface area contributed by atoms with Gasteiger partial charge in [-0.2, -0.15) is 4.98 Å². The van der Waals surface area contributed by atoms with Gasteiger partial charge in [0.2, 0.25) is 0 Å². The standard InChI is InChI=1S/C12H15N3O2/c1-9(16)10(2)17-12-13-8-15(14-12)11-6-4-3-5-7-11/h3-10,16H,1-2H3. The molecule has 5 nitrogen and oxygen atoms in total. The highest BCUT2D eigenvalue weighted by Gasteiger charge is 2.13. The van der Waals surface area contributed by atoms with Gasteiger partial charge in [0.15, 0.2) is 0 Å². The first-order chi connectivity index (χ1) is 8.16. The molecule has 1 heterocycles. The number of ether oxygens (including phenoxy) is 1. The summed E-state index contributed by atoms with van der Waals surface area (Å²) in [4.78, 5) is 4.03. The summed E-state index contributed by atoms with van der Waals surface area (Å²) in [5, 5.41) is 13.5. The van der Waals surface area contributed by atoms with Crippen molar-refractivity contribution in [3.63, 3.8) is 0 Å². The molecule has 0 saturated carbocycles. The first-order valence-electron chi connectivity index (χ1n) is 5.48. The Hall–Kier alpha value is -1.88. The molecule has 2 unspecified atom stereocenters. The van der Waals surface area contributed by atoms with Crippen molar-refractivity contribution < 1.29 is 9.84 Å². The quantitative estimate of drug-likeness (QED) is 0.867. The summed E-state index contributed by atoms with van der Waals surface area (Å²) in [7, 11) is 0. The number of aliphatic hydroxyl groups is 1. The molecular weight excluding hydrogens is 218 g/mol. The van der Waals surface area contributed by atoms with Crippen molar-refractivity contribution in [1.29, 1.82) is 0 Å². The lowest BCUT2D eigenvalue weighted by Gasteiger charge is -2.13. The minimum Gasteiger partial charge on any atom is -0.457 e. The second-order valence-electron chi connectivity index (χ2n) is 3.87. The van der Waals surface area contributed by atoms with Crippen LogP contribution in [0.3, 0.4) is 0 Å². The van der Waals surface area contributed by atoms with Gasteiger partial charge in [0.1, 0.15) is 12.4 Å². The van der Waals surface area contributed by atoms with Crippen LogP contribution in [0.25, 0.3) is 5.69 Å². The Kier molecular flexibility index (Phi) is 3.39. The summed E-state index contributed by atoms with van der Waals surface area (Å²) < 4.78 is 7.01. The van der Waals surface area contributed by atoms with Crippen LogP contribution in [0.2, 0.25) is 0 Å². The van der Waals surface area contributed by atoms with E-state index in [1.54, 1.807) is 24.9 Å². The molecule has 90 valence electrons. The highest BCUT2D eigenvalue weighted by molar-refractivity contribution is 5.29. The second-order valence-corrected chi connectivity index (χ2v) is 3.87. The number of hydrogen-bond donors (Lipinski definition) is 1. The number of benzene rings is 1. The maximum atomic E-state index is 9.32. The van der Waals surface area contributed by atoms with E-state index in [4.69, 9.17) is 4.74 Å². The van der Waals surface area contributed by atoms with E-state index in [1.165, 1.54) is 0 Å². The maximum absolute atomic E-state index is 9.32. The number of aliphatic hydroxyl groups excluding tert-OH is 1. The van der Waals surface area contributed by atoms with Crippen molar-refractivity contribution >= 4 is 0 Å². The van der Waals surface area contributed by atoms with Crippen LogP contribution in [0.4, 0.5) is 0 Å². The Labute approximate surface area is 99.7 Å². The fourth-order valence-electron chi connectivity index (χ4n) is 1.27. The van der Waals surface area contributed by atoms with Gasteiger partial charge in [-0.25, -0.2) is 4.68 Å². The van der Waals surface area contributed by atoms with Gasteiger partial charge in [0.05, 0.1) is 11.8 Å². The predicted molar refractivity (Wildman–Crippen MR) is 63.1 cm³/mol. The van der Waals surface area contributed by atoms with Crippen LogP contribution in [-0.4, -0.2) is 32.1 Å². The number of rotatable bonds is 4. The summed E-state index contributed by atoms with van der Waals surface area (Å²) in [6, 6.07) is 9.91. The maximum Gasteiger partial charge on any atom is 0.336 e. The Bertz CT molecular complexity index is 468. The Morgan fingerprint density at radius 2 is 1.94 bits per heavy atom. The smallest absolute Gasteiger partial charge is 0.336 e. The molecule has 1 aromatic carbocycles. The van der Waals surface area contributed by atoms with Crippen LogP contribution in [0.15, 0.2) is 36.7 Å². The van der Waals surface area contributed by atoms with Crippen LogP contribution >= 0.6 is 0 Å². The number of aromatic nitrogens is 3. The topological polar surface area (TPSA) is 60.2 Å². The van der Waals surface area contributed by atoms with Gasteiger partial charge in [0.25, 0.3) is 0 Å². The normalized spacial score (nSPS) is 14.3. The predicted octanol–water partition coefficient (Wildman–Crippen LogP) is 1.42. The van der Waals surface area contributed by atoms with Gasteiger partial charge in [-0.3, -0.25) is 0 Å². The fraction of sp³-hybridized carbons (Fsp3) is 0.333. The lowest BCUT2D eigenvalue weighted by Crippen LogP contribution is -2.26. The molecule has 0 spiro atoms. The minimum atomic E-state index is -0.557. The van der Waals surface area contributed by atoms with Gasteiger partial charge in [-0.05, 0) is 26.0 Å². The number of nitrogens with zero attached hydrogens (tertiary/aromatic N) is 3. The summed E-state index contributed by atoms with van der Waals surface area (Å²) in [6.45, 7) is 3.44. The summed E-state index contributed by atoms with van der Waals surface area (Å²) in [5.41, 5.74) is 0.916. The SMILES string of the molecule is CC(O)C(C)Oc1ncn(-c2ccccc2)n1. The third-order valence-electron chi connectivity index (χ3n) is 2.46. The monoisotopic (exact) mass is 233 g/mol. The lowest BCUT2D eigenvalue weighted by atomic mass is 10.3. The average Bonchev–Trinajstić information content (AvgIpc) is 2.78. The Morgan fingerprint density at radius 1 is 1.24 bits per heavy atom. The Morgan fingerprint density at radius 3 is 2.59 bits per heavy atom. The van der Waals surface area contributed by atoms with Crippen molar-refractivity contribution in [1.82, 2.24) is 14.8 Å². The van der Waals surface area contributed by atoms with E-state index in [-0.39, 0.29) is 12.1 Å². The van der Waals surface area contributed by atoms with Crippen molar-refractivity contribution in [3.05, 3.63) is 36.7 Å². The second kappa shape index (κ2) is 4.97. The molecule has 1 aromatic heterocycles. The van der Waals surface area contributed by atoms with Crippen molar-refractivity contribution in [2.45, 2.75) is 26.1 Å². The molecule has 0 fully saturated rings. The molecule has 0 aliphatic carbocycles. The highest BCUT2D eigenvalue weighted by Crippen LogP contribution is 2.10. The molecule has 17 heavy (non-hydrogen) atoms. The lowest BCUT2D eigenvalue weighted by molar-refractivity contribution is 0.0542. The zero-order valence-electron chi connectivity index (χ0n) is 9.82. The van der Waals surface area contributed by atoms with Crippen LogP contribution < -0.4 is 4.74 Å². The molecule has 0 radical (unpaired) electrons. The Balaban J connectivity index is 2.12.